The molecule has 0 aliphatic carbocycles. The van der Waals surface area contributed by atoms with Gasteiger partial charge in [0.1, 0.15) is 0 Å². The highest BCUT2D eigenvalue weighted by Crippen LogP contribution is 2.28. The Kier molecular flexibility index (Phi) is 5.91. The first-order valence-corrected chi connectivity index (χ1v) is 10.8. The van der Waals surface area contributed by atoms with Crippen molar-refractivity contribution in [1.29, 1.82) is 0 Å². The van der Waals surface area contributed by atoms with E-state index in [0.717, 1.165) is 47.9 Å². The SMILES string of the molecule is Cc1cc(Cc2cccc(Cl)c2)cc([C@@H]2CCCN(C(=O)c3cn(C)nc3C)C2)n1. The van der Waals surface area contributed by atoms with E-state index >= 15 is 0 Å². The van der Waals surface area contributed by atoms with Crippen LogP contribution < -0.4 is 0 Å². The maximum atomic E-state index is 13.1. The molecule has 1 aromatic carbocycles. The smallest absolute Gasteiger partial charge is 0.257 e. The number of aromatic nitrogens is 3. The van der Waals surface area contributed by atoms with Gasteiger partial charge >= 0.3 is 0 Å². The molecule has 3 aromatic rings. The molecule has 5 nitrogen and oxygen atoms in total. The third kappa shape index (κ3) is 4.57. The van der Waals surface area contributed by atoms with Gasteiger partial charge in [-0.05, 0) is 68.5 Å². The van der Waals surface area contributed by atoms with Gasteiger partial charge in [-0.3, -0.25) is 14.5 Å². The second kappa shape index (κ2) is 8.60. The lowest BCUT2D eigenvalue weighted by atomic mass is 9.92. The lowest BCUT2D eigenvalue weighted by Gasteiger charge is -2.32. The first kappa shape index (κ1) is 20.6. The molecule has 0 saturated carbocycles. The van der Waals surface area contributed by atoms with Crippen molar-refractivity contribution in [3.63, 3.8) is 0 Å². The maximum Gasteiger partial charge on any atom is 0.257 e. The molecule has 6 heteroatoms. The summed E-state index contributed by atoms with van der Waals surface area (Å²) in [4.78, 5) is 19.8. The van der Waals surface area contributed by atoms with Crippen LogP contribution in [0.1, 0.15) is 57.3 Å². The quantitative estimate of drug-likeness (QED) is 0.612. The number of hydrogen-bond donors (Lipinski definition) is 0. The predicted molar refractivity (Wildman–Crippen MR) is 119 cm³/mol. The highest BCUT2D eigenvalue weighted by molar-refractivity contribution is 6.30. The molecule has 0 N–H and O–H groups in total. The van der Waals surface area contributed by atoms with Gasteiger partial charge in [0.2, 0.25) is 0 Å². The zero-order valence-electron chi connectivity index (χ0n) is 17.7. The van der Waals surface area contributed by atoms with Gasteiger partial charge in [-0.1, -0.05) is 23.7 Å². The van der Waals surface area contributed by atoms with Gasteiger partial charge in [0.15, 0.2) is 0 Å². The van der Waals surface area contributed by atoms with Crippen LogP contribution in [0, 0.1) is 13.8 Å². The molecule has 1 atom stereocenters. The summed E-state index contributed by atoms with van der Waals surface area (Å²) in [6.07, 6.45) is 4.66. The number of piperidine rings is 1. The first-order chi connectivity index (χ1) is 14.4. The normalized spacial score (nSPS) is 16.7. The molecule has 1 fully saturated rings. The summed E-state index contributed by atoms with van der Waals surface area (Å²) in [6, 6.07) is 12.3. The van der Waals surface area contributed by atoms with Crippen LogP contribution in [0.4, 0.5) is 0 Å². The van der Waals surface area contributed by atoms with Crippen LogP contribution in [0.5, 0.6) is 0 Å². The van der Waals surface area contributed by atoms with Crippen molar-refractivity contribution in [2.75, 3.05) is 13.1 Å². The third-order valence-corrected chi connectivity index (χ3v) is 5.94. The minimum absolute atomic E-state index is 0.0668. The van der Waals surface area contributed by atoms with Gasteiger partial charge in [-0.2, -0.15) is 5.10 Å². The van der Waals surface area contributed by atoms with E-state index in [2.05, 4.69) is 23.3 Å². The van der Waals surface area contributed by atoms with Crippen LogP contribution in [0.25, 0.3) is 0 Å². The summed E-state index contributed by atoms with van der Waals surface area (Å²) in [5.41, 5.74) is 5.97. The second-order valence-corrected chi connectivity index (χ2v) is 8.68. The lowest BCUT2D eigenvalue weighted by Crippen LogP contribution is -2.39. The molecular formula is C24H27ClN4O. The van der Waals surface area contributed by atoms with Crippen molar-refractivity contribution in [3.8, 4) is 0 Å². The van der Waals surface area contributed by atoms with E-state index in [-0.39, 0.29) is 11.8 Å². The topological polar surface area (TPSA) is 51.0 Å². The molecule has 0 bridgehead atoms. The van der Waals surface area contributed by atoms with Gasteiger partial charge in [0, 0.05) is 48.7 Å². The van der Waals surface area contributed by atoms with Crippen LogP contribution in [0.2, 0.25) is 5.02 Å². The van der Waals surface area contributed by atoms with Crippen molar-refractivity contribution in [2.45, 2.75) is 39.0 Å². The Bertz CT molecular complexity index is 1070. The van der Waals surface area contributed by atoms with Gasteiger partial charge < -0.3 is 4.90 Å². The molecule has 1 aliphatic rings. The number of carbonyl (C=O) groups is 1. The number of carbonyl (C=O) groups excluding carboxylic acids is 1. The molecule has 1 aliphatic heterocycles. The highest BCUT2D eigenvalue weighted by Gasteiger charge is 2.28. The molecule has 2 aromatic heterocycles. The minimum atomic E-state index is 0.0668. The fourth-order valence-corrected chi connectivity index (χ4v) is 4.56. The van der Waals surface area contributed by atoms with E-state index < -0.39 is 0 Å². The fourth-order valence-electron chi connectivity index (χ4n) is 4.34. The molecule has 4 rings (SSSR count). The van der Waals surface area contributed by atoms with Crippen LogP contribution >= 0.6 is 11.6 Å². The zero-order chi connectivity index (χ0) is 21.3. The van der Waals surface area contributed by atoms with Crippen LogP contribution in [0.3, 0.4) is 0 Å². The average Bonchev–Trinajstić information content (AvgIpc) is 3.05. The Hall–Kier alpha value is -2.66. The molecule has 3 heterocycles. The zero-order valence-corrected chi connectivity index (χ0v) is 18.5. The molecule has 1 saturated heterocycles. The van der Waals surface area contributed by atoms with Crippen molar-refractivity contribution in [1.82, 2.24) is 19.7 Å². The van der Waals surface area contributed by atoms with Crippen molar-refractivity contribution >= 4 is 17.5 Å². The Labute approximate surface area is 182 Å². The summed E-state index contributed by atoms with van der Waals surface area (Å²) in [7, 11) is 1.85. The number of rotatable bonds is 4. The monoisotopic (exact) mass is 422 g/mol. The Morgan fingerprint density at radius 3 is 2.77 bits per heavy atom. The number of nitrogens with zero attached hydrogens (tertiary/aromatic N) is 4. The number of pyridine rings is 1. The summed E-state index contributed by atoms with van der Waals surface area (Å²) in [6.45, 7) is 5.40. The van der Waals surface area contributed by atoms with E-state index in [9.17, 15) is 4.79 Å². The van der Waals surface area contributed by atoms with E-state index in [4.69, 9.17) is 16.6 Å². The molecule has 0 radical (unpaired) electrons. The van der Waals surface area contributed by atoms with E-state index in [0.29, 0.717) is 12.1 Å². The Morgan fingerprint density at radius 1 is 1.20 bits per heavy atom. The predicted octanol–water partition coefficient (Wildman–Crippen LogP) is 4.70. The van der Waals surface area contributed by atoms with Crippen LogP contribution in [-0.2, 0) is 13.5 Å². The summed E-state index contributed by atoms with van der Waals surface area (Å²) in [5, 5.41) is 5.08. The van der Waals surface area contributed by atoms with Crippen molar-refractivity contribution < 1.29 is 4.79 Å². The average molecular weight is 423 g/mol. The number of likely N-dealkylation sites (tertiary alicyclic amines) is 1. The van der Waals surface area contributed by atoms with Gasteiger partial charge in [0.05, 0.1) is 11.3 Å². The van der Waals surface area contributed by atoms with E-state index in [1.54, 1.807) is 4.68 Å². The van der Waals surface area contributed by atoms with E-state index in [1.807, 2.05) is 50.2 Å². The minimum Gasteiger partial charge on any atom is -0.338 e. The van der Waals surface area contributed by atoms with Gasteiger partial charge in [-0.25, -0.2) is 0 Å². The summed E-state index contributed by atoms with van der Waals surface area (Å²) < 4.78 is 1.70. The summed E-state index contributed by atoms with van der Waals surface area (Å²) in [5.74, 6) is 0.315. The van der Waals surface area contributed by atoms with Crippen molar-refractivity contribution in [2.24, 2.45) is 7.05 Å². The van der Waals surface area contributed by atoms with Crippen LogP contribution in [-0.4, -0.2) is 38.7 Å². The molecule has 0 spiro atoms. The van der Waals surface area contributed by atoms with Gasteiger partial charge in [-0.15, -0.1) is 0 Å². The Balaban J connectivity index is 1.54. The number of aryl methyl sites for hydroxylation is 3. The van der Waals surface area contributed by atoms with Crippen molar-refractivity contribution in [3.05, 3.63) is 81.4 Å². The molecule has 30 heavy (non-hydrogen) atoms. The number of benzene rings is 1. The maximum absolute atomic E-state index is 13.1. The Morgan fingerprint density at radius 2 is 2.03 bits per heavy atom. The largest absolute Gasteiger partial charge is 0.338 e. The number of amides is 1. The fraction of sp³-hybridized carbons (Fsp3) is 0.375. The van der Waals surface area contributed by atoms with Gasteiger partial charge in [0.25, 0.3) is 5.91 Å². The standard InChI is InChI=1S/C24H27ClN4O/c1-16-10-19(11-18-6-4-8-21(25)12-18)13-23(26-16)20-7-5-9-29(14-20)24(30)22-15-28(3)27-17(22)2/h4,6,8,10,12-13,15,20H,5,7,9,11,14H2,1-3H3/t20-/m1/s1. The molecule has 156 valence electrons. The summed E-state index contributed by atoms with van der Waals surface area (Å²) >= 11 is 6.15. The van der Waals surface area contributed by atoms with Crippen LogP contribution in [0.15, 0.2) is 42.6 Å². The molecule has 1 amide bonds. The molecule has 0 unspecified atom stereocenters. The third-order valence-electron chi connectivity index (χ3n) is 5.70. The molecular weight excluding hydrogens is 396 g/mol. The second-order valence-electron chi connectivity index (χ2n) is 8.24. The lowest BCUT2D eigenvalue weighted by molar-refractivity contribution is 0.0705. The number of halogens is 1. The van der Waals surface area contributed by atoms with E-state index in [1.165, 1.54) is 11.1 Å². The number of hydrogen-bond acceptors (Lipinski definition) is 3. The first-order valence-electron chi connectivity index (χ1n) is 10.4. The highest BCUT2D eigenvalue weighted by atomic mass is 35.5.